The zero-order valence-corrected chi connectivity index (χ0v) is 7.39. The second kappa shape index (κ2) is 3.53. The number of hydrogen-bond acceptors (Lipinski definition) is 2. The van der Waals surface area contributed by atoms with Gasteiger partial charge < -0.3 is 9.52 Å². The Labute approximate surface area is 68.9 Å². The molecule has 1 heterocycles. The Bertz CT molecular complexity index is 237. The van der Waals surface area contributed by atoms with Gasteiger partial charge in [0.1, 0.15) is 12.5 Å². The van der Waals surface area contributed by atoms with Gasteiger partial charge in [-0.3, -0.25) is 0 Å². The molecule has 1 N–H and O–H groups in total. The lowest BCUT2D eigenvalue weighted by Gasteiger charge is -1.91. The second-order valence-corrected chi connectivity index (χ2v) is 4.36. The van der Waals surface area contributed by atoms with Crippen LogP contribution in [0.3, 0.4) is 0 Å². The molecular weight excluding hydrogens is 160 g/mol. The molecule has 60 valence electrons. The number of aliphatic hydroxyl groups is 1. The van der Waals surface area contributed by atoms with Gasteiger partial charge in [-0.15, -0.1) is 0 Å². The lowest BCUT2D eigenvalue weighted by atomic mass is 10.4. The van der Waals surface area contributed by atoms with Gasteiger partial charge in [0.15, 0.2) is 11.2 Å². The predicted molar refractivity (Wildman–Crippen MR) is 48.5 cm³/mol. The minimum Gasteiger partial charge on any atom is -0.501 e. The number of rotatable bonds is 2. The van der Waals surface area contributed by atoms with Crippen LogP contribution in [-0.2, 0) is 10.9 Å². The van der Waals surface area contributed by atoms with Gasteiger partial charge in [-0.05, 0) is 12.1 Å². The van der Waals surface area contributed by atoms with E-state index in [9.17, 15) is 5.11 Å². The number of aliphatic hydroxyl groups excluding tert-OH is 1. The van der Waals surface area contributed by atoms with Gasteiger partial charge in [0.25, 0.3) is 0 Å². The summed E-state index contributed by atoms with van der Waals surface area (Å²) < 4.78 is 4.98. The first kappa shape index (κ1) is 8.27. The average Bonchev–Trinajstić information content (AvgIpc) is 2.35. The van der Waals surface area contributed by atoms with Crippen LogP contribution in [-0.4, -0.2) is 17.6 Å². The quantitative estimate of drug-likeness (QED) is 0.545. The number of hydrogen-bond donors (Lipinski definition) is 1. The van der Waals surface area contributed by atoms with E-state index in [1.807, 2.05) is 12.5 Å². The van der Waals surface area contributed by atoms with Crippen molar-refractivity contribution in [2.45, 2.75) is 0 Å². The molecule has 0 aromatic carbocycles. The van der Waals surface area contributed by atoms with E-state index in [0.29, 0.717) is 5.76 Å². The highest BCUT2D eigenvalue weighted by atomic mass is 32.2. The largest absolute Gasteiger partial charge is 0.501 e. The summed E-state index contributed by atoms with van der Waals surface area (Å²) in [5.41, 5.74) is 0. The Balaban J connectivity index is 2.77. The molecule has 11 heavy (non-hydrogen) atoms. The van der Waals surface area contributed by atoms with Crippen molar-refractivity contribution in [3.8, 4) is 0 Å². The van der Waals surface area contributed by atoms with Crippen LogP contribution in [0.1, 0.15) is 5.76 Å². The second-order valence-electron chi connectivity index (χ2n) is 2.36. The lowest BCUT2D eigenvalue weighted by Crippen LogP contribution is -1.90. The summed E-state index contributed by atoms with van der Waals surface area (Å²) in [6.45, 7) is 0. The van der Waals surface area contributed by atoms with Crippen molar-refractivity contribution in [1.29, 1.82) is 0 Å². The minimum absolute atomic E-state index is 0.0977. The fourth-order valence-electron chi connectivity index (χ4n) is 0.706. The molecule has 0 atom stereocenters. The zero-order valence-electron chi connectivity index (χ0n) is 6.57. The monoisotopic (exact) mass is 171 g/mol. The summed E-state index contributed by atoms with van der Waals surface area (Å²) in [5, 5.41) is 11.1. The van der Waals surface area contributed by atoms with Gasteiger partial charge in [-0.1, -0.05) is 0 Å². The van der Waals surface area contributed by atoms with Crippen molar-refractivity contribution in [2.24, 2.45) is 0 Å². The zero-order chi connectivity index (χ0) is 8.27. The molecule has 0 fully saturated rings. The van der Waals surface area contributed by atoms with E-state index < -0.39 is 0 Å². The SMILES string of the molecule is C[S+](C)/C=C(\O)c1ccco1. The Morgan fingerprint density at radius 2 is 2.36 bits per heavy atom. The molecule has 1 aromatic heterocycles. The van der Waals surface area contributed by atoms with E-state index >= 15 is 0 Å². The Hall–Kier alpha value is -0.830. The average molecular weight is 171 g/mol. The van der Waals surface area contributed by atoms with Gasteiger partial charge in [0.05, 0.1) is 6.26 Å². The molecule has 0 saturated heterocycles. The third-order valence-corrected chi connectivity index (χ3v) is 1.82. The van der Waals surface area contributed by atoms with Crippen LogP contribution in [0, 0.1) is 0 Å². The Kier molecular flexibility index (Phi) is 2.65. The third kappa shape index (κ3) is 2.35. The van der Waals surface area contributed by atoms with Crippen molar-refractivity contribution >= 4 is 16.7 Å². The van der Waals surface area contributed by atoms with Gasteiger partial charge in [0.2, 0.25) is 5.76 Å². The molecule has 1 aromatic rings. The van der Waals surface area contributed by atoms with Gasteiger partial charge in [-0.2, -0.15) is 0 Å². The molecule has 0 aliphatic carbocycles. The molecule has 0 aliphatic heterocycles. The highest BCUT2D eigenvalue weighted by molar-refractivity contribution is 7.98. The lowest BCUT2D eigenvalue weighted by molar-refractivity contribution is 0.460. The normalized spacial score (nSPS) is 12.5. The van der Waals surface area contributed by atoms with Crippen molar-refractivity contribution < 1.29 is 9.52 Å². The smallest absolute Gasteiger partial charge is 0.206 e. The molecule has 0 unspecified atom stereocenters. The highest BCUT2D eigenvalue weighted by Gasteiger charge is 2.06. The first-order valence-corrected chi connectivity index (χ1v) is 5.31. The molecule has 0 spiro atoms. The predicted octanol–water partition coefficient (Wildman–Crippen LogP) is 2.01. The summed E-state index contributed by atoms with van der Waals surface area (Å²) in [5.74, 6) is 0.759. The summed E-state index contributed by atoms with van der Waals surface area (Å²) >= 11 is 0. The van der Waals surface area contributed by atoms with E-state index in [1.165, 1.54) is 0 Å². The summed E-state index contributed by atoms with van der Waals surface area (Å²) in [4.78, 5) is 0. The van der Waals surface area contributed by atoms with Crippen LogP contribution in [0.4, 0.5) is 0 Å². The fraction of sp³-hybridized carbons (Fsp3) is 0.250. The van der Waals surface area contributed by atoms with E-state index in [2.05, 4.69) is 0 Å². The molecule has 0 saturated carbocycles. The molecule has 0 aliphatic rings. The van der Waals surface area contributed by atoms with Crippen LogP contribution < -0.4 is 0 Å². The van der Waals surface area contributed by atoms with Crippen LogP contribution in [0.5, 0.6) is 0 Å². The molecule has 1 rings (SSSR count). The van der Waals surface area contributed by atoms with Gasteiger partial charge in [-0.25, -0.2) is 0 Å². The van der Waals surface area contributed by atoms with Gasteiger partial charge in [0, 0.05) is 10.9 Å². The standard InChI is InChI=1S/C8H10O2S/c1-11(2)6-7(9)8-4-3-5-10-8/h3-6H,1-2H3/p+1/b7-6-. The fourth-order valence-corrected chi connectivity index (χ4v) is 1.27. The topological polar surface area (TPSA) is 33.4 Å². The van der Waals surface area contributed by atoms with Crippen LogP contribution in [0.15, 0.2) is 28.2 Å². The summed E-state index contributed by atoms with van der Waals surface area (Å²) in [7, 11) is 0.0977. The van der Waals surface area contributed by atoms with E-state index in [-0.39, 0.29) is 16.7 Å². The Morgan fingerprint density at radius 1 is 1.64 bits per heavy atom. The molecule has 0 amide bonds. The highest BCUT2D eigenvalue weighted by Crippen LogP contribution is 2.12. The van der Waals surface area contributed by atoms with Crippen LogP contribution >= 0.6 is 0 Å². The maximum atomic E-state index is 9.35. The molecule has 3 heteroatoms. The Morgan fingerprint density at radius 3 is 2.82 bits per heavy atom. The van der Waals surface area contributed by atoms with Crippen molar-refractivity contribution in [3.05, 3.63) is 29.6 Å². The molecular formula is C8H11O2S+. The van der Waals surface area contributed by atoms with E-state index in [1.54, 1.807) is 23.8 Å². The van der Waals surface area contributed by atoms with Crippen molar-refractivity contribution in [1.82, 2.24) is 0 Å². The first-order chi connectivity index (χ1) is 5.20. The minimum atomic E-state index is 0.0977. The van der Waals surface area contributed by atoms with E-state index in [0.717, 1.165) is 0 Å². The van der Waals surface area contributed by atoms with Crippen molar-refractivity contribution in [2.75, 3.05) is 12.5 Å². The van der Waals surface area contributed by atoms with E-state index in [4.69, 9.17) is 4.42 Å². The maximum absolute atomic E-state index is 9.35. The maximum Gasteiger partial charge on any atom is 0.206 e. The summed E-state index contributed by atoms with van der Waals surface area (Å²) in [6.07, 6.45) is 5.60. The van der Waals surface area contributed by atoms with Crippen LogP contribution in [0.25, 0.3) is 5.76 Å². The first-order valence-electron chi connectivity index (χ1n) is 3.21. The third-order valence-electron chi connectivity index (χ3n) is 1.12. The molecule has 0 radical (unpaired) electrons. The number of furan rings is 1. The van der Waals surface area contributed by atoms with Crippen LogP contribution in [0.2, 0.25) is 0 Å². The molecule has 2 nitrogen and oxygen atoms in total. The summed E-state index contributed by atoms with van der Waals surface area (Å²) in [6, 6.07) is 3.49. The van der Waals surface area contributed by atoms with Crippen molar-refractivity contribution in [3.63, 3.8) is 0 Å². The molecule has 0 bridgehead atoms. The van der Waals surface area contributed by atoms with Gasteiger partial charge >= 0.3 is 0 Å².